The van der Waals surface area contributed by atoms with E-state index in [2.05, 4.69) is 26.2 Å². The Labute approximate surface area is 130 Å². The number of nitrogens with zero attached hydrogens (tertiary/aromatic N) is 2. The van der Waals surface area contributed by atoms with E-state index < -0.39 is 0 Å². The van der Waals surface area contributed by atoms with Gasteiger partial charge in [0.2, 0.25) is 0 Å². The monoisotopic (exact) mass is 347 g/mol. The van der Waals surface area contributed by atoms with Crippen LogP contribution in [-0.4, -0.2) is 22.0 Å². The van der Waals surface area contributed by atoms with E-state index in [4.69, 9.17) is 4.42 Å². The van der Waals surface area contributed by atoms with Crippen molar-refractivity contribution in [3.05, 3.63) is 52.6 Å². The summed E-state index contributed by atoms with van der Waals surface area (Å²) in [5.41, 5.74) is 3.12. The lowest BCUT2D eigenvalue weighted by molar-refractivity contribution is 0.0946. The number of aryl methyl sites for hydroxylation is 1. The number of amides is 1. The van der Waals surface area contributed by atoms with Gasteiger partial charge in [0.05, 0.1) is 5.52 Å². The highest BCUT2D eigenvalue weighted by molar-refractivity contribution is 9.10. The molecule has 1 N–H and O–H groups in total. The van der Waals surface area contributed by atoms with Crippen molar-refractivity contribution in [1.29, 1.82) is 0 Å². The van der Waals surface area contributed by atoms with Crippen molar-refractivity contribution in [3.63, 3.8) is 0 Å². The summed E-state index contributed by atoms with van der Waals surface area (Å²) in [6.07, 6.45) is 2.46. The van der Waals surface area contributed by atoms with E-state index in [0.717, 1.165) is 11.2 Å². The maximum atomic E-state index is 12.2. The summed E-state index contributed by atoms with van der Waals surface area (Å²) in [7, 11) is 1.85. The quantitative estimate of drug-likeness (QED) is 0.789. The molecule has 6 heteroatoms. The molecule has 0 aromatic carbocycles. The van der Waals surface area contributed by atoms with E-state index in [1.165, 1.54) is 0 Å². The lowest BCUT2D eigenvalue weighted by Crippen LogP contribution is -2.27. The van der Waals surface area contributed by atoms with Crippen LogP contribution >= 0.6 is 15.9 Å². The summed E-state index contributed by atoms with van der Waals surface area (Å²) in [5, 5.41) is 2.90. The second-order valence-electron chi connectivity index (χ2n) is 4.72. The first-order valence-corrected chi connectivity index (χ1v) is 7.37. The lowest BCUT2D eigenvalue weighted by atomic mass is 10.2. The topological polar surface area (TPSA) is 60.1 Å². The molecule has 5 nitrogen and oxygen atoms in total. The molecule has 108 valence electrons. The highest BCUT2D eigenvalue weighted by Gasteiger charge is 2.15. The Bertz CT molecular complexity index is 777. The van der Waals surface area contributed by atoms with Crippen molar-refractivity contribution >= 4 is 32.9 Å². The minimum Gasteiger partial charge on any atom is -0.448 e. The Kier molecular flexibility index (Phi) is 3.79. The zero-order valence-electron chi connectivity index (χ0n) is 11.5. The molecule has 0 aliphatic heterocycles. The Hall–Kier alpha value is -2.08. The molecule has 3 heterocycles. The average Bonchev–Trinajstić information content (AvgIpc) is 2.98. The van der Waals surface area contributed by atoms with Gasteiger partial charge in [-0.3, -0.25) is 9.78 Å². The van der Waals surface area contributed by atoms with E-state index in [1.54, 1.807) is 12.3 Å². The van der Waals surface area contributed by atoms with Gasteiger partial charge in [0.15, 0.2) is 10.3 Å². The number of halogens is 1. The second kappa shape index (κ2) is 5.73. The van der Waals surface area contributed by atoms with Gasteiger partial charge in [0.1, 0.15) is 5.69 Å². The maximum absolute atomic E-state index is 12.2. The highest BCUT2D eigenvalue weighted by atomic mass is 79.9. The van der Waals surface area contributed by atoms with Crippen LogP contribution in [0.4, 0.5) is 0 Å². The van der Waals surface area contributed by atoms with E-state index in [1.807, 2.05) is 35.9 Å². The molecule has 0 atom stereocenters. The average molecular weight is 348 g/mol. The van der Waals surface area contributed by atoms with Gasteiger partial charge >= 0.3 is 0 Å². The molecule has 3 aromatic rings. The third kappa shape index (κ3) is 2.85. The summed E-state index contributed by atoms with van der Waals surface area (Å²) in [4.78, 5) is 16.4. The summed E-state index contributed by atoms with van der Waals surface area (Å²) in [6, 6.07) is 9.35. The molecule has 0 saturated heterocycles. The number of aromatic nitrogens is 2. The Morgan fingerprint density at radius 2 is 2.29 bits per heavy atom. The molecule has 0 aliphatic rings. The predicted octanol–water partition coefficient (Wildman–Crippen LogP) is 2.90. The number of hydrogen-bond acceptors (Lipinski definition) is 3. The van der Waals surface area contributed by atoms with Gasteiger partial charge in [-0.25, -0.2) is 0 Å². The largest absolute Gasteiger partial charge is 0.448 e. The fourth-order valence-electron chi connectivity index (χ4n) is 2.24. The zero-order chi connectivity index (χ0) is 14.8. The number of pyridine rings is 1. The molecule has 0 bridgehead atoms. The minimum atomic E-state index is -0.115. The second-order valence-corrected chi connectivity index (χ2v) is 5.50. The molecular formula is C15H14BrN3O2. The molecule has 0 fully saturated rings. The minimum absolute atomic E-state index is 0.115. The molecule has 21 heavy (non-hydrogen) atoms. The molecule has 3 aromatic heterocycles. The van der Waals surface area contributed by atoms with Gasteiger partial charge in [-0.05, 0) is 28.1 Å². The predicted molar refractivity (Wildman–Crippen MR) is 83.2 cm³/mol. The number of carbonyl (C=O) groups excluding carboxylic acids is 1. The molecule has 0 aliphatic carbocycles. The van der Waals surface area contributed by atoms with Crippen molar-refractivity contribution in [1.82, 2.24) is 14.9 Å². The van der Waals surface area contributed by atoms with Gasteiger partial charge in [0.25, 0.3) is 5.91 Å². The van der Waals surface area contributed by atoms with Crippen LogP contribution in [0.15, 0.2) is 45.6 Å². The highest BCUT2D eigenvalue weighted by Crippen LogP contribution is 2.25. The fourth-order valence-corrected chi connectivity index (χ4v) is 2.63. The van der Waals surface area contributed by atoms with Crippen LogP contribution in [0.25, 0.3) is 11.1 Å². The lowest BCUT2D eigenvalue weighted by Gasteiger charge is -2.06. The van der Waals surface area contributed by atoms with E-state index in [0.29, 0.717) is 28.9 Å². The Morgan fingerprint density at radius 1 is 1.43 bits per heavy atom. The molecule has 0 spiro atoms. The van der Waals surface area contributed by atoms with Crippen LogP contribution in [0.2, 0.25) is 0 Å². The fraction of sp³-hybridized carbons (Fsp3) is 0.200. The van der Waals surface area contributed by atoms with Gasteiger partial charge in [-0.2, -0.15) is 0 Å². The third-order valence-corrected chi connectivity index (χ3v) is 3.72. The normalized spacial score (nSPS) is 11.0. The number of hydrogen-bond donors (Lipinski definition) is 1. The van der Waals surface area contributed by atoms with Crippen LogP contribution in [0.5, 0.6) is 0 Å². The smallest absolute Gasteiger partial charge is 0.268 e. The van der Waals surface area contributed by atoms with Crippen LogP contribution in [0.1, 0.15) is 16.2 Å². The van der Waals surface area contributed by atoms with Gasteiger partial charge in [0, 0.05) is 44.0 Å². The standard InChI is InChI=1S/C15H14BrN3O2/c1-19-11-9-14(16)21-13(11)8-12(19)15(20)18-7-5-10-4-2-3-6-17-10/h2-4,6,8-9H,5,7H2,1H3,(H,18,20). The van der Waals surface area contributed by atoms with Crippen LogP contribution < -0.4 is 5.32 Å². The number of carbonyl (C=O) groups is 1. The van der Waals surface area contributed by atoms with Gasteiger partial charge in [-0.15, -0.1) is 0 Å². The molecule has 0 unspecified atom stereocenters. The number of rotatable bonds is 4. The maximum Gasteiger partial charge on any atom is 0.268 e. The molecular weight excluding hydrogens is 334 g/mol. The van der Waals surface area contributed by atoms with Crippen LogP contribution in [0.3, 0.4) is 0 Å². The van der Waals surface area contributed by atoms with Crippen molar-refractivity contribution in [3.8, 4) is 0 Å². The first-order chi connectivity index (χ1) is 10.1. The van der Waals surface area contributed by atoms with Crippen molar-refractivity contribution < 1.29 is 9.21 Å². The Morgan fingerprint density at radius 3 is 3.00 bits per heavy atom. The van der Waals surface area contributed by atoms with Crippen LogP contribution in [-0.2, 0) is 13.5 Å². The van der Waals surface area contributed by atoms with Crippen molar-refractivity contribution in [2.24, 2.45) is 7.05 Å². The van der Waals surface area contributed by atoms with Crippen molar-refractivity contribution in [2.75, 3.05) is 6.54 Å². The first kappa shape index (κ1) is 13.9. The Balaban J connectivity index is 1.67. The van der Waals surface area contributed by atoms with Gasteiger partial charge in [-0.1, -0.05) is 6.07 Å². The molecule has 0 saturated carbocycles. The summed E-state index contributed by atoms with van der Waals surface area (Å²) < 4.78 is 7.94. The molecule has 1 amide bonds. The zero-order valence-corrected chi connectivity index (χ0v) is 13.1. The summed E-state index contributed by atoms with van der Waals surface area (Å²) in [6.45, 7) is 0.548. The van der Waals surface area contributed by atoms with Crippen molar-refractivity contribution in [2.45, 2.75) is 6.42 Å². The SMILES string of the molecule is Cn1c(C(=O)NCCc2ccccn2)cc2oc(Br)cc21. The number of furan rings is 1. The number of fused-ring (bicyclic) bond motifs is 1. The third-order valence-electron chi connectivity index (χ3n) is 3.33. The summed E-state index contributed by atoms with van der Waals surface area (Å²) >= 11 is 3.28. The number of nitrogens with one attached hydrogen (secondary N) is 1. The first-order valence-electron chi connectivity index (χ1n) is 6.58. The van der Waals surface area contributed by atoms with E-state index in [-0.39, 0.29) is 5.91 Å². The molecule has 0 radical (unpaired) electrons. The van der Waals surface area contributed by atoms with E-state index >= 15 is 0 Å². The molecule has 3 rings (SSSR count). The van der Waals surface area contributed by atoms with Gasteiger partial charge < -0.3 is 14.3 Å². The summed E-state index contributed by atoms with van der Waals surface area (Å²) in [5.74, 6) is -0.115. The van der Waals surface area contributed by atoms with E-state index in [9.17, 15) is 4.79 Å². The van der Waals surface area contributed by atoms with Crippen LogP contribution in [0, 0.1) is 0 Å².